The van der Waals surface area contributed by atoms with Crippen LogP contribution < -0.4 is 10.6 Å². The van der Waals surface area contributed by atoms with E-state index in [2.05, 4.69) is 21.3 Å². The first-order valence-corrected chi connectivity index (χ1v) is 10.6. The number of rotatable bonds is 3. The van der Waals surface area contributed by atoms with E-state index in [1.165, 1.54) is 6.33 Å². The Morgan fingerprint density at radius 1 is 1.12 bits per heavy atom. The van der Waals surface area contributed by atoms with Crippen molar-refractivity contribution in [3.63, 3.8) is 0 Å². The van der Waals surface area contributed by atoms with Gasteiger partial charge in [0.2, 0.25) is 5.95 Å². The molecule has 3 N–H and O–H groups in total. The molecule has 2 atom stereocenters. The molecule has 5 rings (SSSR count). The van der Waals surface area contributed by atoms with Crippen LogP contribution in [0.1, 0.15) is 35.8 Å². The van der Waals surface area contributed by atoms with Crippen LogP contribution in [0.5, 0.6) is 0 Å². The molecular weight excluding hydrogens is 424 g/mol. The molecule has 0 spiro atoms. The molecule has 2 aromatic carbocycles. The molecule has 1 aromatic heterocycles. The molecule has 0 bridgehead atoms. The van der Waals surface area contributed by atoms with Crippen molar-refractivity contribution in [2.24, 2.45) is 5.73 Å². The van der Waals surface area contributed by atoms with Crippen LogP contribution in [-0.2, 0) is 4.79 Å². The average molecular weight is 443 g/mol. The van der Waals surface area contributed by atoms with E-state index >= 15 is 0 Å². The first-order valence-electron chi connectivity index (χ1n) is 10.2. The van der Waals surface area contributed by atoms with Crippen molar-refractivity contribution >= 4 is 23.3 Å². The van der Waals surface area contributed by atoms with Crippen molar-refractivity contribution in [1.82, 2.24) is 15.2 Å². The van der Waals surface area contributed by atoms with Gasteiger partial charge in [0.15, 0.2) is 5.78 Å². The number of hydrogen-bond donors (Lipinski definition) is 2. The molecule has 0 radical (unpaired) electrons. The van der Waals surface area contributed by atoms with Crippen molar-refractivity contribution in [2.75, 3.05) is 4.90 Å². The summed E-state index contributed by atoms with van der Waals surface area (Å²) in [4.78, 5) is 19.5. The van der Waals surface area contributed by atoms with Crippen LogP contribution in [0.3, 0.4) is 0 Å². The Labute approximate surface area is 189 Å². The molecule has 0 fully saturated rings. The second-order valence-corrected chi connectivity index (χ2v) is 8.28. The van der Waals surface area contributed by atoms with E-state index in [-0.39, 0.29) is 23.1 Å². The number of anilines is 1. The smallest absolute Gasteiger partial charge is 0.231 e. The van der Waals surface area contributed by atoms with Crippen molar-refractivity contribution in [1.29, 1.82) is 5.26 Å². The topological polar surface area (TPSA) is 112 Å². The highest BCUT2D eigenvalue weighted by Crippen LogP contribution is 2.48. The molecule has 0 unspecified atom stereocenters. The molecule has 2 heterocycles. The number of nitrogens with one attached hydrogen (secondary N) is 1. The van der Waals surface area contributed by atoms with Gasteiger partial charge in [0.1, 0.15) is 12.1 Å². The van der Waals surface area contributed by atoms with E-state index in [1.54, 1.807) is 17.0 Å². The normalized spacial score (nSPS) is 20.9. The maximum absolute atomic E-state index is 13.6. The highest BCUT2D eigenvalue weighted by Gasteiger charge is 2.43. The molecule has 1 aliphatic heterocycles. The van der Waals surface area contributed by atoms with Crippen LogP contribution in [0.4, 0.5) is 5.95 Å². The summed E-state index contributed by atoms with van der Waals surface area (Å²) in [5.41, 5.74) is 9.96. The fraction of sp³-hybridized carbons (Fsp3) is 0.167. The Hall–Kier alpha value is -3.89. The standard InChI is InChI=1S/C24H19ClN6O/c25-17-8-4-7-15(9-17)21-18(12-26)23(27)31(24-28-13-29-30-24)19-10-16(11-20(32)22(19)21)14-5-2-1-3-6-14/h1-9,13,16,21H,10-11,27H2,(H,28,29,30)/t16-,21+/m1/s1. The van der Waals surface area contributed by atoms with Crippen molar-refractivity contribution in [3.8, 4) is 6.07 Å². The third-order valence-corrected chi connectivity index (χ3v) is 6.27. The Morgan fingerprint density at radius 3 is 2.59 bits per heavy atom. The van der Waals surface area contributed by atoms with Crippen LogP contribution in [0.15, 0.2) is 83.6 Å². The van der Waals surface area contributed by atoms with Gasteiger partial charge in [-0.1, -0.05) is 54.1 Å². The van der Waals surface area contributed by atoms with Gasteiger partial charge in [-0.15, -0.1) is 0 Å². The highest BCUT2D eigenvalue weighted by atomic mass is 35.5. The SMILES string of the molecule is N#CC1=C(N)N(c2ncn[nH]2)C2=C(C(=O)C[C@H](c3ccccc3)C2)[C@H]1c1cccc(Cl)c1. The van der Waals surface area contributed by atoms with Crippen LogP contribution in [0.2, 0.25) is 5.02 Å². The number of halogens is 1. The van der Waals surface area contributed by atoms with E-state index in [4.69, 9.17) is 17.3 Å². The van der Waals surface area contributed by atoms with Gasteiger partial charge in [-0.2, -0.15) is 15.3 Å². The molecule has 3 aromatic rings. The van der Waals surface area contributed by atoms with Gasteiger partial charge < -0.3 is 5.73 Å². The number of H-pyrrole nitrogens is 1. The summed E-state index contributed by atoms with van der Waals surface area (Å²) < 4.78 is 0. The third-order valence-electron chi connectivity index (χ3n) is 6.03. The number of aromatic nitrogens is 3. The first-order chi connectivity index (χ1) is 15.6. The minimum atomic E-state index is -0.586. The number of ketones is 1. The summed E-state index contributed by atoms with van der Waals surface area (Å²) in [5, 5.41) is 17.4. The van der Waals surface area contributed by atoms with Crippen LogP contribution >= 0.6 is 11.6 Å². The minimum Gasteiger partial charge on any atom is -0.384 e. The number of carbonyl (C=O) groups is 1. The molecule has 1 aliphatic carbocycles. The lowest BCUT2D eigenvalue weighted by Gasteiger charge is -2.40. The maximum atomic E-state index is 13.6. The monoisotopic (exact) mass is 442 g/mol. The number of nitrogens with zero attached hydrogens (tertiary/aromatic N) is 4. The van der Waals surface area contributed by atoms with Gasteiger partial charge in [0.05, 0.1) is 17.6 Å². The zero-order valence-electron chi connectivity index (χ0n) is 17.0. The highest BCUT2D eigenvalue weighted by molar-refractivity contribution is 6.30. The summed E-state index contributed by atoms with van der Waals surface area (Å²) in [6, 6.07) is 19.4. The lowest BCUT2D eigenvalue weighted by atomic mass is 9.72. The number of nitriles is 1. The number of hydrogen-bond acceptors (Lipinski definition) is 6. The molecule has 0 saturated heterocycles. The fourth-order valence-corrected chi connectivity index (χ4v) is 4.86. The number of Topliss-reactive ketones (excluding diaryl/α,β-unsaturated/α-hetero) is 1. The predicted octanol–water partition coefficient (Wildman–Crippen LogP) is 4.16. The zero-order chi connectivity index (χ0) is 22.2. The number of benzene rings is 2. The Balaban J connectivity index is 1.72. The second kappa shape index (κ2) is 7.98. The number of carbonyl (C=O) groups excluding carboxylic acids is 1. The van der Waals surface area contributed by atoms with Crippen LogP contribution in [0, 0.1) is 11.3 Å². The van der Waals surface area contributed by atoms with Crippen LogP contribution in [0.25, 0.3) is 0 Å². The third kappa shape index (κ3) is 3.26. The summed E-state index contributed by atoms with van der Waals surface area (Å²) >= 11 is 6.25. The summed E-state index contributed by atoms with van der Waals surface area (Å²) in [5.74, 6) is -0.0143. The number of allylic oxidation sites excluding steroid dienone is 3. The van der Waals surface area contributed by atoms with Crippen molar-refractivity contribution in [2.45, 2.75) is 24.7 Å². The van der Waals surface area contributed by atoms with Gasteiger partial charge in [0, 0.05) is 22.7 Å². The maximum Gasteiger partial charge on any atom is 0.231 e. The Morgan fingerprint density at radius 2 is 1.91 bits per heavy atom. The summed E-state index contributed by atoms with van der Waals surface area (Å²) in [6.45, 7) is 0. The first kappa shape index (κ1) is 20.0. The van der Waals surface area contributed by atoms with E-state index in [1.807, 2.05) is 42.5 Å². The largest absolute Gasteiger partial charge is 0.384 e. The quantitative estimate of drug-likeness (QED) is 0.630. The fourth-order valence-electron chi connectivity index (χ4n) is 4.66. The van der Waals surface area contributed by atoms with E-state index in [0.29, 0.717) is 29.4 Å². The van der Waals surface area contributed by atoms with E-state index in [9.17, 15) is 10.1 Å². The molecule has 32 heavy (non-hydrogen) atoms. The zero-order valence-corrected chi connectivity index (χ0v) is 17.8. The Bertz CT molecular complexity index is 1290. The van der Waals surface area contributed by atoms with E-state index in [0.717, 1.165) is 16.8 Å². The summed E-state index contributed by atoms with van der Waals surface area (Å²) in [6.07, 6.45) is 2.29. The van der Waals surface area contributed by atoms with Crippen molar-refractivity contribution < 1.29 is 4.79 Å². The molecule has 158 valence electrons. The lowest BCUT2D eigenvalue weighted by Crippen LogP contribution is -2.40. The molecule has 0 amide bonds. The van der Waals surface area contributed by atoms with Gasteiger partial charge >= 0.3 is 0 Å². The molecule has 2 aliphatic rings. The second-order valence-electron chi connectivity index (χ2n) is 7.84. The Kier molecular flexibility index (Phi) is 5.00. The average Bonchev–Trinajstić information content (AvgIpc) is 3.33. The van der Waals surface area contributed by atoms with Gasteiger partial charge in [-0.3, -0.25) is 9.69 Å². The molecule has 8 heteroatoms. The number of aromatic amines is 1. The molecular formula is C24H19ClN6O. The predicted molar refractivity (Wildman–Crippen MR) is 120 cm³/mol. The molecule has 7 nitrogen and oxygen atoms in total. The van der Waals surface area contributed by atoms with Crippen molar-refractivity contribution in [3.05, 3.63) is 99.7 Å². The van der Waals surface area contributed by atoms with Gasteiger partial charge in [-0.05, 0) is 35.6 Å². The van der Waals surface area contributed by atoms with Crippen LogP contribution in [-0.4, -0.2) is 21.0 Å². The molecule has 0 saturated carbocycles. The number of nitrogens with two attached hydrogens (primary N) is 1. The minimum absolute atomic E-state index is 0.00989. The summed E-state index contributed by atoms with van der Waals surface area (Å²) in [7, 11) is 0. The van der Waals surface area contributed by atoms with Gasteiger partial charge in [-0.25, -0.2) is 5.10 Å². The van der Waals surface area contributed by atoms with Gasteiger partial charge in [0.25, 0.3) is 0 Å². The lowest BCUT2D eigenvalue weighted by molar-refractivity contribution is -0.116. The van der Waals surface area contributed by atoms with E-state index < -0.39 is 5.92 Å².